The zero-order chi connectivity index (χ0) is 16.8. The molecule has 122 valence electrons. The average molecular weight is 323 g/mol. The molecule has 0 spiro atoms. The van der Waals surface area contributed by atoms with Gasteiger partial charge in [-0.25, -0.2) is 4.68 Å². The van der Waals surface area contributed by atoms with Crippen molar-refractivity contribution in [3.05, 3.63) is 67.0 Å². The van der Waals surface area contributed by atoms with Crippen LogP contribution in [-0.4, -0.2) is 29.4 Å². The fourth-order valence-electron chi connectivity index (χ4n) is 2.18. The molecule has 3 aromatic rings. The molecule has 0 saturated carbocycles. The number of nitrogens with one attached hydrogen (secondary N) is 1. The highest BCUT2D eigenvalue weighted by atomic mass is 16.5. The molecule has 1 heterocycles. The number of ether oxygens (including phenoxy) is 2. The van der Waals surface area contributed by atoms with Gasteiger partial charge in [-0.05, 0) is 36.4 Å². The molecule has 1 N–H and O–H groups in total. The first-order valence-corrected chi connectivity index (χ1v) is 7.41. The first-order valence-electron chi connectivity index (χ1n) is 7.41. The normalized spacial score (nSPS) is 10.2. The van der Waals surface area contributed by atoms with Crippen molar-refractivity contribution in [2.75, 3.05) is 19.0 Å². The van der Waals surface area contributed by atoms with Gasteiger partial charge in [0, 0.05) is 24.1 Å². The summed E-state index contributed by atoms with van der Waals surface area (Å²) >= 11 is 0. The van der Waals surface area contributed by atoms with Crippen molar-refractivity contribution >= 4 is 11.6 Å². The van der Waals surface area contributed by atoms with Crippen molar-refractivity contribution in [2.45, 2.75) is 0 Å². The van der Waals surface area contributed by atoms with E-state index in [1.165, 1.54) is 0 Å². The standard InChI is InChI=1S/C18H17N3O3/c1-23-16-7-3-8-17(12-16)24-13-18(22)20-14-5-2-6-15(11-14)21-10-4-9-19-21/h2-12H,13H2,1H3,(H,20,22). The summed E-state index contributed by atoms with van der Waals surface area (Å²) < 4.78 is 12.3. The molecule has 0 aliphatic carbocycles. The first kappa shape index (κ1) is 15.6. The van der Waals surface area contributed by atoms with E-state index < -0.39 is 0 Å². The second-order valence-electron chi connectivity index (χ2n) is 5.02. The fraction of sp³-hybridized carbons (Fsp3) is 0.111. The molecule has 1 amide bonds. The molecule has 0 bridgehead atoms. The Morgan fingerprint density at radius 3 is 2.75 bits per heavy atom. The van der Waals surface area contributed by atoms with E-state index in [1.54, 1.807) is 36.2 Å². The monoisotopic (exact) mass is 323 g/mol. The summed E-state index contributed by atoms with van der Waals surface area (Å²) in [5.74, 6) is 1.02. The zero-order valence-electron chi connectivity index (χ0n) is 13.2. The van der Waals surface area contributed by atoms with Crippen LogP contribution in [0, 0.1) is 0 Å². The molecule has 6 heteroatoms. The fourth-order valence-corrected chi connectivity index (χ4v) is 2.18. The minimum atomic E-state index is -0.240. The number of carbonyl (C=O) groups excluding carboxylic acids is 1. The summed E-state index contributed by atoms with van der Waals surface area (Å²) in [6, 6.07) is 16.4. The van der Waals surface area contributed by atoms with Crippen molar-refractivity contribution in [3.8, 4) is 17.2 Å². The van der Waals surface area contributed by atoms with E-state index in [0.29, 0.717) is 17.2 Å². The van der Waals surface area contributed by atoms with Gasteiger partial charge in [0.25, 0.3) is 5.91 Å². The number of benzene rings is 2. The Balaban J connectivity index is 1.59. The molecule has 0 atom stereocenters. The molecule has 0 radical (unpaired) electrons. The second kappa shape index (κ2) is 7.32. The Morgan fingerprint density at radius 2 is 1.96 bits per heavy atom. The number of nitrogens with zero attached hydrogens (tertiary/aromatic N) is 2. The second-order valence-corrected chi connectivity index (χ2v) is 5.02. The summed E-state index contributed by atoms with van der Waals surface area (Å²) in [7, 11) is 1.58. The van der Waals surface area contributed by atoms with Crippen LogP contribution in [0.5, 0.6) is 11.5 Å². The molecule has 24 heavy (non-hydrogen) atoms. The van der Waals surface area contributed by atoms with Gasteiger partial charge < -0.3 is 14.8 Å². The average Bonchev–Trinajstić information content (AvgIpc) is 3.15. The Kier molecular flexibility index (Phi) is 4.76. The van der Waals surface area contributed by atoms with E-state index in [2.05, 4.69) is 10.4 Å². The van der Waals surface area contributed by atoms with Crippen LogP contribution >= 0.6 is 0 Å². The maximum absolute atomic E-state index is 12.0. The van der Waals surface area contributed by atoms with E-state index in [-0.39, 0.29) is 12.5 Å². The maximum Gasteiger partial charge on any atom is 0.262 e. The molecule has 3 rings (SSSR count). The molecule has 0 aliphatic rings. The van der Waals surface area contributed by atoms with Crippen LogP contribution < -0.4 is 14.8 Å². The van der Waals surface area contributed by atoms with E-state index >= 15 is 0 Å². The van der Waals surface area contributed by atoms with Crippen LogP contribution in [0.1, 0.15) is 0 Å². The first-order chi connectivity index (χ1) is 11.7. The van der Waals surface area contributed by atoms with Crippen molar-refractivity contribution in [2.24, 2.45) is 0 Å². The number of methoxy groups -OCH3 is 1. The molecule has 2 aromatic carbocycles. The molecular weight excluding hydrogens is 306 g/mol. The molecule has 1 aromatic heterocycles. The molecule has 0 unspecified atom stereocenters. The zero-order valence-corrected chi connectivity index (χ0v) is 13.2. The highest BCUT2D eigenvalue weighted by molar-refractivity contribution is 5.92. The predicted molar refractivity (Wildman–Crippen MR) is 90.7 cm³/mol. The van der Waals surface area contributed by atoms with Crippen molar-refractivity contribution in [1.82, 2.24) is 9.78 Å². The third-order valence-electron chi connectivity index (χ3n) is 3.31. The van der Waals surface area contributed by atoms with Crippen molar-refractivity contribution in [3.63, 3.8) is 0 Å². The summed E-state index contributed by atoms with van der Waals surface area (Å²) in [4.78, 5) is 12.0. The molecular formula is C18H17N3O3. The number of hydrogen-bond acceptors (Lipinski definition) is 4. The lowest BCUT2D eigenvalue weighted by Gasteiger charge is -2.09. The van der Waals surface area contributed by atoms with Gasteiger partial charge in [-0.15, -0.1) is 0 Å². The van der Waals surface area contributed by atoms with Gasteiger partial charge in [0.2, 0.25) is 0 Å². The highest BCUT2D eigenvalue weighted by Crippen LogP contribution is 2.19. The van der Waals surface area contributed by atoms with E-state index in [0.717, 1.165) is 5.69 Å². The Labute approximate surface area is 139 Å². The number of aromatic nitrogens is 2. The topological polar surface area (TPSA) is 65.4 Å². The van der Waals surface area contributed by atoms with Crippen LogP contribution in [0.3, 0.4) is 0 Å². The molecule has 0 fully saturated rings. The number of hydrogen-bond donors (Lipinski definition) is 1. The van der Waals surface area contributed by atoms with E-state index in [1.807, 2.05) is 42.6 Å². The maximum atomic E-state index is 12.0. The third-order valence-corrected chi connectivity index (χ3v) is 3.31. The van der Waals surface area contributed by atoms with Crippen LogP contribution in [0.4, 0.5) is 5.69 Å². The van der Waals surface area contributed by atoms with Gasteiger partial charge in [-0.2, -0.15) is 5.10 Å². The molecule has 0 saturated heterocycles. The Hall–Kier alpha value is -3.28. The van der Waals surface area contributed by atoms with Gasteiger partial charge in [-0.3, -0.25) is 4.79 Å². The number of anilines is 1. The highest BCUT2D eigenvalue weighted by Gasteiger charge is 2.06. The smallest absolute Gasteiger partial charge is 0.262 e. The van der Waals surface area contributed by atoms with Crippen LogP contribution in [-0.2, 0) is 4.79 Å². The van der Waals surface area contributed by atoms with Gasteiger partial charge >= 0.3 is 0 Å². The van der Waals surface area contributed by atoms with Crippen molar-refractivity contribution in [1.29, 1.82) is 0 Å². The molecule has 0 aliphatic heterocycles. The SMILES string of the molecule is COc1cccc(OCC(=O)Nc2cccc(-n3cccn3)c2)c1. The summed E-state index contributed by atoms with van der Waals surface area (Å²) in [6.45, 7) is -0.0842. The Bertz CT molecular complexity index is 816. The third kappa shape index (κ3) is 3.92. The minimum absolute atomic E-state index is 0.0842. The van der Waals surface area contributed by atoms with E-state index in [4.69, 9.17) is 9.47 Å². The quantitative estimate of drug-likeness (QED) is 0.757. The van der Waals surface area contributed by atoms with Crippen LogP contribution in [0.25, 0.3) is 5.69 Å². The predicted octanol–water partition coefficient (Wildman–Crippen LogP) is 2.90. The van der Waals surface area contributed by atoms with Gasteiger partial charge in [0.1, 0.15) is 11.5 Å². The van der Waals surface area contributed by atoms with Gasteiger partial charge in [0.15, 0.2) is 6.61 Å². The van der Waals surface area contributed by atoms with Gasteiger partial charge in [0.05, 0.1) is 12.8 Å². The minimum Gasteiger partial charge on any atom is -0.497 e. The van der Waals surface area contributed by atoms with Crippen molar-refractivity contribution < 1.29 is 14.3 Å². The molecule has 6 nitrogen and oxygen atoms in total. The summed E-state index contributed by atoms with van der Waals surface area (Å²) in [6.07, 6.45) is 3.54. The Morgan fingerprint density at radius 1 is 1.12 bits per heavy atom. The number of rotatable bonds is 6. The summed E-state index contributed by atoms with van der Waals surface area (Å²) in [5, 5.41) is 6.97. The van der Waals surface area contributed by atoms with Gasteiger partial charge in [-0.1, -0.05) is 12.1 Å². The van der Waals surface area contributed by atoms with Crippen LogP contribution in [0.15, 0.2) is 67.0 Å². The number of amides is 1. The number of carbonyl (C=O) groups is 1. The lowest BCUT2D eigenvalue weighted by molar-refractivity contribution is -0.118. The van der Waals surface area contributed by atoms with E-state index in [9.17, 15) is 4.79 Å². The summed E-state index contributed by atoms with van der Waals surface area (Å²) in [5.41, 5.74) is 1.55. The van der Waals surface area contributed by atoms with Crippen LogP contribution in [0.2, 0.25) is 0 Å². The lowest BCUT2D eigenvalue weighted by atomic mass is 10.2. The largest absolute Gasteiger partial charge is 0.497 e. The lowest BCUT2D eigenvalue weighted by Crippen LogP contribution is -2.20.